The van der Waals surface area contributed by atoms with E-state index in [4.69, 9.17) is 14.2 Å². The van der Waals surface area contributed by atoms with Gasteiger partial charge in [0.15, 0.2) is 16.7 Å². The lowest BCUT2D eigenvalue weighted by atomic mass is 10.2. The summed E-state index contributed by atoms with van der Waals surface area (Å²) in [6.45, 7) is 0.372. The zero-order valence-corrected chi connectivity index (χ0v) is 20.5. The number of nitrogens with one attached hydrogen (secondary N) is 1. The number of carbonyl (C=O) groups excluding carboxylic acids is 1. The standard InChI is InChI=1S/C24H23N3O5S2/c1-30-18-11-16(12-19(31-2)21(18)32-3)25-20(28)14-34-24-26-17-9-10-33-22(17)23(29)27(24)13-15-7-5-4-6-8-15/h4-12H,13-14H2,1-3H3,(H,25,28). The molecule has 10 heteroatoms. The fourth-order valence-corrected chi connectivity index (χ4v) is 5.00. The summed E-state index contributed by atoms with van der Waals surface area (Å²) in [5.41, 5.74) is 2.00. The molecular formula is C24H23N3O5S2. The molecule has 0 saturated carbocycles. The summed E-state index contributed by atoms with van der Waals surface area (Å²) in [5, 5.41) is 5.17. The molecule has 34 heavy (non-hydrogen) atoms. The van der Waals surface area contributed by atoms with Crippen LogP contribution in [0.4, 0.5) is 5.69 Å². The van der Waals surface area contributed by atoms with Gasteiger partial charge in [-0.1, -0.05) is 42.1 Å². The van der Waals surface area contributed by atoms with Crippen LogP contribution in [-0.4, -0.2) is 42.5 Å². The predicted octanol–water partition coefficient (Wildman–Crippen LogP) is 4.26. The molecule has 1 N–H and O–H groups in total. The third-order valence-electron chi connectivity index (χ3n) is 5.00. The first kappa shape index (κ1) is 23.7. The number of amides is 1. The summed E-state index contributed by atoms with van der Waals surface area (Å²) in [6, 6.07) is 14.8. The highest BCUT2D eigenvalue weighted by molar-refractivity contribution is 7.99. The quantitative estimate of drug-likeness (QED) is 0.273. The van der Waals surface area contributed by atoms with Crippen LogP contribution in [0, 0.1) is 0 Å². The number of aromatic nitrogens is 2. The van der Waals surface area contributed by atoms with Crippen LogP contribution in [0.25, 0.3) is 10.2 Å². The number of fused-ring (bicyclic) bond motifs is 1. The van der Waals surface area contributed by atoms with E-state index in [0.29, 0.717) is 44.9 Å². The number of nitrogens with zero attached hydrogens (tertiary/aromatic N) is 2. The van der Waals surface area contributed by atoms with Crippen LogP contribution >= 0.6 is 23.1 Å². The van der Waals surface area contributed by atoms with Gasteiger partial charge in [0.1, 0.15) is 4.70 Å². The van der Waals surface area contributed by atoms with Crippen LogP contribution in [0.2, 0.25) is 0 Å². The van der Waals surface area contributed by atoms with E-state index in [2.05, 4.69) is 10.3 Å². The highest BCUT2D eigenvalue weighted by atomic mass is 32.2. The van der Waals surface area contributed by atoms with E-state index in [0.717, 1.165) is 5.56 Å². The Hall–Kier alpha value is -3.50. The zero-order chi connectivity index (χ0) is 24.1. The molecular weight excluding hydrogens is 474 g/mol. The van der Waals surface area contributed by atoms with Gasteiger partial charge in [0.25, 0.3) is 5.56 Å². The number of thioether (sulfide) groups is 1. The molecule has 0 bridgehead atoms. The smallest absolute Gasteiger partial charge is 0.272 e. The Bertz CT molecular complexity index is 1340. The van der Waals surface area contributed by atoms with Gasteiger partial charge in [-0.2, -0.15) is 0 Å². The molecule has 0 fully saturated rings. The molecule has 0 aliphatic carbocycles. The monoisotopic (exact) mass is 497 g/mol. The summed E-state index contributed by atoms with van der Waals surface area (Å²) in [5.74, 6) is 1.12. The second-order valence-corrected chi connectivity index (χ2v) is 9.02. The van der Waals surface area contributed by atoms with Crippen LogP contribution in [0.1, 0.15) is 5.56 Å². The number of carbonyl (C=O) groups is 1. The van der Waals surface area contributed by atoms with Crippen molar-refractivity contribution in [3.63, 3.8) is 0 Å². The van der Waals surface area contributed by atoms with Gasteiger partial charge in [-0.05, 0) is 17.0 Å². The molecule has 0 radical (unpaired) electrons. The van der Waals surface area contributed by atoms with Gasteiger partial charge in [-0.25, -0.2) is 4.98 Å². The van der Waals surface area contributed by atoms with E-state index in [-0.39, 0.29) is 17.2 Å². The predicted molar refractivity (Wildman–Crippen MR) is 135 cm³/mol. The van der Waals surface area contributed by atoms with Gasteiger partial charge in [0, 0.05) is 17.8 Å². The Kier molecular flexibility index (Phi) is 7.39. The minimum atomic E-state index is -0.259. The number of methoxy groups -OCH3 is 3. The summed E-state index contributed by atoms with van der Waals surface area (Å²) >= 11 is 2.58. The highest BCUT2D eigenvalue weighted by Gasteiger charge is 2.17. The molecule has 0 atom stereocenters. The first-order valence-corrected chi connectivity index (χ1v) is 12.1. The maximum absolute atomic E-state index is 13.1. The summed E-state index contributed by atoms with van der Waals surface area (Å²) in [6.07, 6.45) is 0. The average Bonchev–Trinajstić information content (AvgIpc) is 3.33. The number of ether oxygens (including phenoxy) is 3. The number of hydrogen-bond acceptors (Lipinski definition) is 8. The van der Waals surface area contributed by atoms with Gasteiger partial charge in [-0.15, -0.1) is 11.3 Å². The van der Waals surface area contributed by atoms with Crippen molar-refractivity contribution in [3.05, 3.63) is 69.8 Å². The second-order valence-electron chi connectivity index (χ2n) is 7.16. The first-order valence-electron chi connectivity index (χ1n) is 10.3. The molecule has 2 aromatic heterocycles. The lowest BCUT2D eigenvalue weighted by Crippen LogP contribution is -2.24. The van der Waals surface area contributed by atoms with Crippen molar-refractivity contribution in [3.8, 4) is 17.2 Å². The minimum Gasteiger partial charge on any atom is -0.493 e. The van der Waals surface area contributed by atoms with Crippen molar-refractivity contribution in [2.24, 2.45) is 0 Å². The maximum Gasteiger partial charge on any atom is 0.272 e. The van der Waals surface area contributed by atoms with Crippen molar-refractivity contribution in [2.45, 2.75) is 11.7 Å². The van der Waals surface area contributed by atoms with E-state index in [1.54, 1.807) is 16.7 Å². The average molecular weight is 498 g/mol. The van der Waals surface area contributed by atoms with Gasteiger partial charge < -0.3 is 19.5 Å². The Morgan fingerprint density at radius 1 is 1.06 bits per heavy atom. The Morgan fingerprint density at radius 2 is 1.76 bits per heavy atom. The largest absolute Gasteiger partial charge is 0.493 e. The Balaban J connectivity index is 1.56. The molecule has 0 aliphatic rings. The van der Waals surface area contributed by atoms with Crippen LogP contribution in [0.3, 0.4) is 0 Å². The number of hydrogen-bond donors (Lipinski definition) is 1. The van der Waals surface area contributed by atoms with Crippen LogP contribution in [0.15, 0.2) is 63.9 Å². The summed E-state index contributed by atoms with van der Waals surface area (Å²) in [7, 11) is 4.54. The molecule has 0 unspecified atom stereocenters. The highest BCUT2D eigenvalue weighted by Crippen LogP contribution is 2.40. The molecule has 4 rings (SSSR count). The van der Waals surface area contributed by atoms with E-state index >= 15 is 0 Å². The Labute approximate surface area is 204 Å². The maximum atomic E-state index is 13.1. The van der Waals surface area contributed by atoms with Crippen molar-refractivity contribution >= 4 is 44.9 Å². The zero-order valence-electron chi connectivity index (χ0n) is 18.9. The number of thiophene rings is 1. The van der Waals surface area contributed by atoms with E-state index < -0.39 is 0 Å². The number of anilines is 1. The molecule has 8 nitrogen and oxygen atoms in total. The van der Waals surface area contributed by atoms with Crippen LogP contribution in [-0.2, 0) is 11.3 Å². The van der Waals surface area contributed by atoms with Crippen molar-refractivity contribution in [1.29, 1.82) is 0 Å². The van der Waals surface area contributed by atoms with Gasteiger partial charge in [0.05, 0.1) is 39.1 Å². The van der Waals surface area contributed by atoms with Gasteiger partial charge in [0.2, 0.25) is 11.7 Å². The minimum absolute atomic E-state index is 0.0630. The molecule has 2 heterocycles. The van der Waals surface area contributed by atoms with Crippen molar-refractivity contribution < 1.29 is 19.0 Å². The van der Waals surface area contributed by atoms with E-state index in [1.807, 2.05) is 41.8 Å². The van der Waals surface area contributed by atoms with Gasteiger partial charge >= 0.3 is 0 Å². The number of benzene rings is 2. The lowest BCUT2D eigenvalue weighted by molar-refractivity contribution is -0.113. The third kappa shape index (κ3) is 5.02. The van der Waals surface area contributed by atoms with Crippen molar-refractivity contribution in [1.82, 2.24) is 9.55 Å². The molecule has 176 valence electrons. The van der Waals surface area contributed by atoms with E-state index in [9.17, 15) is 9.59 Å². The summed E-state index contributed by atoms with van der Waals surface area (Å²) < 4.78 is 18.2. The molecule has 2 aromatic carbocycles. The molecule has 0 spiro atoms. The van der Waals surface area contributed by atoms with Crippen LogP contribution < -0.4 is 25.1 Å². The molecule has 0 saturated heterocycles. The summed E-state index contributed by atoms with van der Waals surface area (Å²) in [4.78, 5) is 30.5. The normalized spacial score (nSPS) is 10.8. The fourth-order valence-electron chi connectivity index (χ4n) is 3.42. The molecule has 0 aliphatic heterocycles. The molecule has 4 aromatic rings. The van der Waals surface area contributed by atoms with E-state index in [1.165, 1.54) is 44.4 Å². The van der Waals surface area contributed by atoms with Gasteiger partial charge in [-0.3, -0.25) is 14.2 Å². The fraction of sp³-hybridized carbons (Fsp3) is 0.208. The lowest BCUT2D eigenvalue weighted by Gasteiger charge is -2.15. The van der Waals surface area contributed by atoms with Crippen LogP contribution in [0.5, 0.6) is 17.2 Å². The second kappa shape index (κ2) is 10.6. The number of rotatable bonds is 9. The van der Waals surface area contributed by atoms with Crippen molar-refractivity contribution in [2.75, 3.05) is 32.4 Å². The first-order chi connectivity index (χ1) is 16.5. The third-order valence-corrected chi connectivity index (χ3v) is 6.86. The SMILES string of the molecule is COc1cc(NC(=O)CSc2nc3ccsc3c(=O)n2Cc2ccccc2)cc(OC)c1OC. The Morgan fingerprint density at radius 3 is 2.41 bits per heavy atom. The molecule has 1 amide bonds. The topological polar surface area (TPSA) is 91.7 Å².